The van der Waals surface area contributed by atoms with Crippen LogP contribution in [0, 0.1) is 12.3 Å². The molecule has 2 nitrogen and oxygen atoms in total. The zero-order valence-electron chi connectivity index (χ0n) is 8.77. The van der Waals surface area contributed by atoms with Crippen LogP contribution >= 0.6 is 12.2 Å². The van der Waals surface area contributed by atoms with Crippen molar-refractivity contribution in [3.8, 4) is 12.3 Å². The van der Waals surface area contributed by atoms with Crippen molar-refractivity contribution in [1.29, 1.82) is 0 Å². The maximum atomic E-state index is 5.18. The molecule has 0 aromatic heterocycles. The smallest absolute Gasteiger partial charge is 0.166 e. The molecule has 1 unspecified atom stereocenters. The molecule has 1 atom stereocenters. The molecule has 0 rings (SSSR count). The minimum absolute atomic E-state index is 0.0000530. The number of thiocarbonyl (C=S) groups is 1. The minimum Gasteiger partial charge on any atom is -0.359 e. The standard InChI is InChI=1S/C10H18N2S/c1-6-7-8(2)11-9(13)12-10(3,4)5/h1,8H,7H2,2-5H3,(H2,11,12,13). The lowest BCUT2D eigenvalue weighted by atomic mass is 10.1. The summed E-state index contributed by atoms with van der Waals surface area (Å²) in [6, 6.07) is 0.229. The van der Waals surface area contributed by atoms with Gasteiger partial charge >= 0.3 is 0 Å². The third-order valence-electron chi connectivity index (χ3n) is 1.29. The Morgan fingerprint density at radius 2 is 2.08 bits per heavy atom. The van der Waals surface area contributed by atoms with Crippen molar-refractivity contribution in [3.63, 3.8) is 0 Å². The highest BCUT2D eigenvalue weighted by molar-refractivity contribution is 7.80. The number of nitrogens with one attached hydrogen (secondary N) is 2. The van der Waals surface area contributed by atoms with Crippen molar-refractivity contribution in [2.75, 3.05) is 0 Å². The topological polar surface area (TPSA) is 24.1 Å². The molecule has 0 bridgehead atoms. The van der Waals surface area contributed by atoms with Crippen molar-refractivity contribution >= 4 is 17.3 Å². The van der Waals surface area contributed by atoms with Crippen molar-refractivity contribution < 1.29 is 0 Å². The van der Waals surface area contributed by atoms with E-state index in [-0.39, 0.29) is 11.6 Å². The molecule has 13 heavy (non-hydrogen) atoms. The Kier molecular flexibility index (Phi) is 4.79. The molecule has 0 aliphatic rings. The van der Waals surface area contributed by atoms with E-state index < -0.39 is 0 Å². The van der Waals surface area contributed by atoms with Crippen molar-refractivity contribution in [2.24, 2.45) is 0 Å². The van der Waals surface area contributed by atoms with Gasteiger partial charge in [-0.1, -0.05) is 0 Å². The number of rotatable bonds is 2. The maximum absolute atomic E-state index is 5.18. The average Bonchev–Trinajstić information content (AvgIpc) is 1.81. The van der Waals surface area contributed by atoms with Crippen LogP contribution in [0.3, 0.4) is 0 Å². The molecule has 0 aliphatic carbocycles. The van der Waals surface area contributed by atoms with Crippen molar-refractivity contribution in [3.05, 3.63) is 0 Å². The van der Waals surface area contributed by atoms with E-state index in [2.05, 4.69) is 37.3 Å². The molecule has 0 fully saturated rings. The molecular formula is C10H18N2S. The van der Waals surface area contributed by atoms with Gasteiger partial charge in [0.2, 0.25) is 0 Å². The SMILES string of the molecule is C#CCC(C)NC(=S)NC(C)(C)C. The Morgan fingerprint density at radius 3 is 2.46 bits per heavy atom. The summed E-state index contributed by atoms with van der Waals surface area (Å²) in [4.78, 5) is 0. The van der Waals surface area contributed by atoms with Crippen LogP contribution in [-0.2, 0) is 0 Å². The molecule has 0 spiro atoms. The van der Waals surface area contributed by atoms with Crippen molar-refractivity contribution in [1.82, 2.24) is 10.6 Å². The summed E-state index contributed by atoms with van der Waals surface area (Å²) >= 11 is 5.10. The molecule has 74 valence electrons. The fourth-order valence-corrected chi connectivity index (χ4v) is 1.34. The Hall–Kier alpha value is -0.750. The lowest BCUT2D eigenvalue weighted by Gasteiger charge is -2.24. The van der Waals surface area contributed by atoms with E-state index in [1.807, 2.05) is 6.92 Å². The van der Waals surface area contributed by atoms with Gasteiger partial charge in [0.05, 0.1) is 0 Å². The fourth-order valence-electron chi connectivity index (χ4n) is 0.828. The molecule has 0 radical (unpaired) electrons. The number of terminal acetylenes is 1. The normalized spacial score (nSPS) is 12.8. The van der Waals surface area contributed by atoms with E-state index in [0.717, 1.165) is 0 Å². The Morgan fingerprint density at radius 1 is 1.54 bits per heavy atom. The van der Waals surface area contributed by atoms with E-state index in [0.29, 0.717) is 11.5 Å². The van der Waals surface area contributed by atoms with Crippen LogP contribution in [0.5, 0.6) is 0 Å². The first-order valence-electron chi connectivity index (χ1n) is 4.37. The third kappa shape index (κ3) is 7.61. The Balaban J connectivity index is 3.83. The predicted octanol–water partition coefficient (Wildman–Crippen LogP) is 1.66. The van der Waals surface area contributed by atoms with Crippen LogP contribution in [0.2, 0.25) is 0 Å². The van der Waals surface area contributed by atoms with E-state index in [4.69, 9.17) is 18.6 Å². The number of hydrogen-bond acceptors (Lipinski definition) is 1. The summed E-state index contributed by atoms with van der Waals surface area (Å²) in [7, 11) is 0. The molecule has 0 saturated carbocycles. The number of hydrogen-bond donors (Lipinski definition) is 2. The Bertz CT molecular complexity index is 210. The first kappa shape index (κ1) is 12.2. The molecular weight excluding hydrogens is 180 g/mol. The Labute approximate surface area is 86.5 Å². The second-order valence-corrected chi connectivity index (χ2v) is 4.57. The fraction of sp³-hybridized carbons (Fsp3) is 0.700. The molecule has 0 heterocycles. The highest BCUT2D eigenvalue weighted by Gasteiger charge is 2.11. The van der Waals surface area contributed by atoms with Gasteiger partial charge in [-0.2, -0.15) is 0 Å². The average molecular weight is 198 g/mol. The lowest BCUT2D eigenvalue weighted by molar-refractivity contribution is 0.501. The van der Waals surface area contributed by atoms with Crippen molar-refractivity contribution in [2.45, 2.75) is 45.7 Å². The predicted molar refractivity (Wildman–Crippen MR) is 61.5 cm³/mol. The highest BCUT2D eigenvalue weighted by atomic mass is 32.1. The van der Waals surface area contributed by atoms with Gasteiger partial charge in [0.15, 0.2) is 5.11 Å². The van der Waals surface area contributed by atoms with Gasteiger partial charge < -0.3 is 10.6 Å². The molecule has 0 amide bonds. The second-order valence-electron chi connectivity index (χ2n) is 4.16. The summed E-state index contributed by atoms with van der Waals surface area (Å²) in [5.74, 6) is 2.59. The first-order chi connectivity index (χ1) is 5.85. The van der Waals surface area contributed by atoms with Crippen LogP contribution in [0.15, 0.2) is 0 Å². The summed E-state index contributed by atoms with van der Waals surface area (Å²) in [6.07, 6.45) is 5.87. The monoisotopic (exact) mass is 198 g/mol. The van der Waals surface area contributed by atoms with Gasteiger partial charge in [0, 0.05) is 18.0 Å². The van der Waals surface area contributed by atoms with E-state index in [9.17, 15) is 0 Å². The van der Waals surface area contributed by atoms with E-state index in [1.54, 1.807) is 0 Å². The van der Waals surface area contributed by atoms with Gasteiger partial charge in [-0.15, -0.1) is 12.3 Å². The first-order valence-corrected chi connectivity index (χ1v) is 4.78. The van der Waals surface area contributed by atoms with Crippen LogP contribution in [0.4, 0.5) is 0 Å². The van der Waals surface area contributed by atoms with Gasteiger partial charge in [-0.05, 0) is 39.9 Å². The van der Waals surface area contributed by atoms with Crippen LogP contribution in [0.25, 0.3) is 0 Å². The highest BCUT2D eigenvalue weighted by Crippen LogP contribution is 1.98. The van der Waals surface area contributed by atoms with E-state index in [1.165, 1.54) is 0 Å². The van der Waals surface area contributed by atoms with E-state index >= 15 is 0 Å². The summed E-state index contributed by atoms with van der Waals surface area (Å²) in [5, 5.41) is 6.94. The lowest BCUT2D eigenvalue weighted by Crippen LogP contribution is -2.48. The molecule has 0 aromatic carbocycles. The third-order valence-corrected chi connectivity index (χ3v) is 1.51. The second kappa shape index (κ2) is 5.08. The van der Waals surface area contributed by atoms with Gasteiger partial charge in [0.25, 0.3) is 0 Å². The van der Waals surface area contributed by atoms with Gasteiger partial charge in [-0.3, -0.25) is 0 Å². The zero-order chi connectivity index (χ0) is 10.5. The van der Waals surface area contributed by atoms with Crippen LogP contribution < -0.4 is 10.6 Å². The molecule has 3 heteroatoms. The largest absolute Gasteiger partial charge is 0.359 e. The molecule has 0 aliphatic heterocycles. The van der Waals surface area contributed by atoms with Gasteiger partial charge in [0.1, 0.15) is 0 Å². The maximum Gasteiger partial charge on any atom is 0.166 e. The molecule has 2 N–H and O–H groups in total. The minimum atomic E-state index is -0.0000530. The van der Waals surface area contributed by atoms with Crippen LogP contribution in [-0.4, -0.2) is 16.7 Å². The quantitative estimate of drug-likeness (QED) is 0.521. The summed E-state index contributed by atoms with van der Waals surface area (Å²) in [5.41, 5.74) is -0.0000530. The van der Waals surface area contributed by atoms with Gasteiger partial charge in [-0.25, -0.2) is 0 Å². The molecule has 0 saturated heterocycles. The summed E-state index contributed by atoms with van der Waals surface area (Å²) in [6.45, 7) is 8.20. The van der Waals surface area contributed by atoms with Crippen LogP contribution in [0.1, 0.15) is 34.1 Å². The zero-order valence-corrected chi connectivity index (χ0v) is 9.59. The molecule has 0 aromatic rings. The summed E-state index contributed by atoms with van der Waals surface area (Å²) < 4.78 is 0.